The Kier molecular flexibility index (Phi) is 4.76. The quantitative estimate of drug-likeness (QED) is 0.515. The third-order valence-corrected chi connectivity index (χ3v) is 5.14. The highest BCUT2D eigenvalue weighted by Crippen LogP contribution is 2.26. The first-order valence-corrected chi connectivity index (χ1v) is 9.47. The van der Waals surface area contributed by atoms with Gasteiger partial charge in [-0.1, -0.05) is 48.5 Å². The average Bonchev–Trinajstić information content (AvgIpc) is 3.03. The second-order valence-corrected chi connectivity index (χ2v) is 7.21. The van der Waals surface area contributed by atoms with Crippen molar-refractivity contribution in [1.29, 1.82) is 0 Å². The lowest BCUT2D eigenvalue weighted by Gasteiger charge is -2.07. The van der Waals surface area contributed by atoms with Crippen LogP contribution in [0, 0.1) is 13.8 Å². The summed E-state index contributed by atoms with van der Waals surface area (Å²) in [6.45, 7) is 3.69. The minimum absolute atomic E-state index is 0.0215. The van der Waals surface area contributed by atoms with Gasteiger partial charge >= 0.3 is 0 Å². The molecule has 0 aliphatic heterocycles. The van der Waals surface area contributed by atoms with Gasteiger partial charge in [-0.05, 0) is 31.0 Å². The van der Waals surface area contributed by atoms with Crippen LogP contribution in [-0.2, 0) is 17.6 Å². The lowest BCUT2D eigenvalue weighted by Crippen LogP contribution is -2.24. The number of nitrogens with one attached hydrogen (secondary N) is 1. The molecule has 0 aliphatic carbocycles. The van der Waals surface area contributed by atoms with Crippen molar-refractivity contribution in [1.82, 2.24) is 14.6 Å². The Hall–Kier alpha value is -3.67. The van der Waals surface area contributed by atoms with Crippen molar-refractivity contribution in [3.8, 4) is 11.1 Å². The molecule has 0 unspecified atom stereocenters. The molecule has 2 aromatic heterocycles. The summed E-state index contributed by atoms with van der Waals surface area (Å²) >= 11 is 0. The number of carbonyl (C=O) groups excluding carboxylic acids is 1. The van der Waals surface area contributed by atoms with Gasteiger partial charge < -0.3 is 5.73 Å². The maximum atomic E-state index is 13.1. The van der Waals surface area contributed by atoms with Gasteiger partial charge in [-0.25, -0.2) is 9.50 Å². The van der Waals surface area contributed by atoms with Crippen molar-refractivity contribution < 1.29 is 4.79 Å². The number of aromatic amines is 1. The van der Waals surface area contributed by atoms with E-state index in [0.29, 0.717) is 22.6 Å². The number of aromatic nitrogens is 3. The number of nitrogens with two attached hydrogens (primary N) is 1. The molecular weight excluding hydrogens is 364 g/mol. The van der Waals surface area contributed by atoms with Gasteiger partial charge in [-0.3, -0.25) is 14.7 Å². The van der Waals surface area contributed by atoms with Gasteiger partial charge in [0, 0.05) is 41.0 Å². The number of hydrogen-bond donors (Lipinski definition) is 2. The normalized spacial score (nSPS) is 11.1. The van der Waals surface area contributed by atoms with Gasteiger partial charge in [-0.15, -0.1) is 0 Å². The Morgan fingerprint density at radius 3 is 2.45 bits per heavy atom. The Bertz CT molecular complexity index is 1270. The molecule has 4 aromatic rings. The molecule has 0 amide bonds. The summed E-state index contributed by atoms with van der Waals surface area (Å²) in [4.78, 5) is 30.4. The Morgan fingerprint density at radius 1 is 1.03 bits per heavy atom. The summed E-state index contributed by atoms with van der Waals surface area (Å²) in [5.74, 6) is -0.0728. The fourth-order valence-electron chi connectivity index (χ4n) is 3.65. The first kappa shape index (κ1) is 18.7. The van der Waals surface area contributed by atoms with E-state index < -0.39 is 0 Å². The fraction of sp³-hybridized carbons (Fsp3) is 0.174. The predicted octanol–water partition coefficient (Wildman–Crippen LogP) is 3.24. The zero-order valence-electron chi connectivity index (χ0n) is 16.4. The molecule has 29 heavy (non-hydrogen) atoms. The summed E-state index contributed by atoms with van der Waals surface area (Å²) in [6.07, 6.45) is 0.209. The molecule has 0 fully saturated rings. The highest BCUT2D eigenvalue weighted by molar-refractivity contribution is 5.85. The summed E-state index contributed by atoms with van der Waals surface area (Å²) in [5, 5.41) is 3.10. The first-order chi connectivity index (χ1) is 14.0. The zero-order chi connectivity index (χ0) is 20.5. The number of ketones is 1. The molecule has 4 rings (SSSR count). The topological polar surface area (TPSA) is 93.2 Å². The van der Waals surface area contributed by atoms with Gasteiger partial charge in [0.15, 0.2) is 5.65 Å². The van der Waals surface area contributed by atoms with Crippen LogP contribution >= 0.6 is 0 Å². The third kappa shape index (κ3) is 3.45. The molecule has 2 heterocycles. The lowest BCUT2D eigenvalue weighted by atomic mass is 10.0. The minimum Gasteiger partial charge on any atom is -0.398 e. The van der Waals surface area contributed by atoms with Crippen molar-refractivity contribution in [2.24, 2.45) is 0 Å². The third-order valence-electron chi connectivity index (χ3n) is 5.14. The SMILES string of the molecule is Cc1nc2c(-c3ccccc3)c(C)[nH]n2c(=O)c1CC(=O)Cc1ccccc1N. The maximum Gasteiger partial charge on any atom is 0.276 e. The molecule has 0 aliphatic rings. The first-order valence-electron chi connectivity index (χ1n) is 9.47. The maximum absolute atomic E-state index is 13.1. The van der Waals surface area contributed by atoms with Crippen LogP contribution in [0.15, 0.2) is 59.4 Å². The van der Waals surface area contributed by atoms with Gasteiger partial charge in [0.1, 0.15) is 5.78 Å². The summed E-state index contributed by atoms with van der Waals surface area (Å²) in [6, 6.07) is 17.1. The van der Waals surface area contributed by atoms with Crippen LogP contribution in [0.4, 0.5) is 5.69 Å². The number of fused-ring (bicyclic) bond motifs is 1. The van der Waals surface area contributed by atoms with Crippen LogP contribution in [0.2, 0.25) is 0 Å². The minimum atomic E-state index is -0.243. The Morgan fingerprint density at radius 2 is 1.72 bits per heavy atom. The average molecular weight is 386 g/mol. The summed E-state index contributed by atoms with van der Waals surface area (Å²) in [7, 11) is 0. The van der Waals surface area contributed by atoms with Crippen molar-refractivity contribution in [2.45, 2.75) is 26.7 Å². The molecule has 6 heteroatoms. The molecule has 6 nitrogen and oxygen atoms in total. The van der Waals surface area contributed by atoms with Crippen molar-refractivity contribution in [2.75, 3.05) is 5.73 Å². The smallest absolute Gasteiger partial charge is 0.276 e. The molecule has 0 atom stereocenters. The van der Waals surface area contributed by atoms with Crippen LogP contribution in [0.25, 0.3) is 16.8 Å². The number of Topliss-reactive ketones (excluding diaryl/α,β-unsaturated/α-hetero) is 1. The van der Waals surface area contributed by atoms with Crippen LogP contribution < -0.4 is 11.3 Å². The fourth-order valence-corrected chi connectivity index (χ4v) is 3.65. The van der Waals surface area contributed by atoms with E-state index in [0.717, 1.165) is 22.4 Å². The number of rotatable bonds is 5. The number of H-pyrrole nitrogens is 1. The van der Waals surface area contributed by atoms with Crippen LogP contribution in [0.3, 0.4) is 0 Å². The Balaban J connectivity index is 1.73. The number of hydrogen-bond acceptors (Lipinski definition) is 4. The number of anilines is 1. The zero-order valence-corrected chi connectivity index (χ0v) is 16.4. The lowest BCUT2D eigenvalue weighted by molar-refractivity contribution is -0.117. The Labute approximate surface area is 168 Å². The van der Waals surface area contributed by atoms with E-state index in [4.69, 9.17) is 5.73 Å². The molecule has 0 saturated heterocycles. The van der Waals surface area contributed by atoms with Gasteiger partial charge in [-0.2, -0.15) is 0 Å². The van der Waals surface area contributed by atoms with Gasteiger partial charge in [0.25, 0.3) is 5.56 Å². The number of nitrogen functional groups attached to an aromatic ring is 1. The number of benzene rings is 2. The van der Waals surface area contributed by atoms with Crippen LogP contribution in [-0.4, -0.2) is 20.4 Å². The molecule has 146 valence electrons. The molecular formula is C23H22N4O2. The van der Waals surface area contributed by atoms with E-state index in [1.807, 2.05) is 55.5 Å². The molecule has 2 aromatic carbocycles. The van der Waals surface area contributed by atoms with E-state index >= 15 is 0 Å². The highest BCUT2D eigenvalue weighted by Gasteiger charge is 2.19. The molecule has 0 radical (unpaired) electrons. The van der Waals surface area contributed by atoms with Crippen molar-refractivity contribution in [3.63, 3.8) is 0 Å². The van der Waals surface area contributed by atoms with E-state index in [-0.39, 0.29) is 24.2 Å². The monoisotopic (exact) mass is 386 g/mol. The summed E-state index contributed by atoms with van der Waals surface area (Å²) < 4.78 is 1.43. The second-order valence-electron chi connectivity index (χ2n) is 7.21. The predicted molar refractivity (Wildman–Crippen MR) is 114 cm³/mol. The largest absolute Gasteiger partial charge is 0.398 e. The molecule has 0 bridgehead atoms. The molecule has 0 spiro atoms. The van der Waals surface area contributed by atoms with Crippen LogP contribution in [0.5, 0.6) is 0 Å². The molecule has 0 saturated carbocycles. The van der Waals surface area contributed by atoms with E-state index in [2.05, 4.69) is 10.1 Å². The van der Waals surface area contributed by atoms with Crippen molar-refractivity contribution >= 4 is 17.1 Å². The number of para-hydroxylation sites is 1. The second kappa shape index (κ2) is 7.39. The number of carbonyl (C=O) groups is 1. The van der Waals surface area contributed by atoms with E-state index in [1.165, 1.54) is 4.52 Å². The van der Waals surface area contributed by atoms with Crippen LogP contribution in [0.1, 0.15) is 22.5 Å². The van der Waals surface area contributed by atoms with Gasteiger partial charge in [0.05, 0.1) is 0 Å². The van der Waals surface area contributed by atoms with E-state index in [9.17, 15) is 9.59 Å². The van der Waals surface area contributed by atoms with E-state index in [1.54, 1.807) is 13.0 Å². The number of aryl methyl sites for hydroxylation is 2. The van der Waals surface area contributed by atoms with Crippen molar-refractivity contribution in [3.05, 3.63) is 87.5 Å². The van der Waals surface area contributed by atoms with Gasteiger partial charge in [0.2, 0.25) is 0 Å². The highest BCUT2D eigenvalue weighted by atomic mass is 16.1. The molecule has 3 N–H and O–H groups in total. The summed E-state index contributed by atoms with van der Waals surface area (Å²) in [5.41, 5.74) is 11.3. The number of nitrogens with zero attached hydrogens (tertiary/aromatic N) is 2. The standard InChI is InChI=1S/C23H22N4O2/c1-14-19(13-18(28)12-17-10-6-7-11-20(17)24)23(29)27-22(25-14)21(15(2)26-27)16-8-4-3-5-9-16/h3-11,26H,12-13,24H2,1-2H3.